The number of nitrogens with one attached hydrogen (secondary N) is 2. The third-order valence-electron chi connectivity index (χ3n) is 3.71. The van der Waals surface area contributed by atoms with Gasteiger partial charge in [-0.15, -0.1) is 0 Å². The Morgan fingerprint density at radius 1 is 1.00 bits per heavy atom. The number of rotatable bonds is 5. The lowest BCUT2D eigenvalue weighted by molar-refractivity contribution is 0.0600. The molecule has 7 nitrogen and oxygen atoms in total. The number of benzene rings is 2. The van der Waals surface area contributed by atoms with E-state index in [0.717, 1.165) is 5.69 Å². The van der Waals surface area contributed by atoms with Crippen molar-refractivity contribution in [2.45, 2.75) is 6.92 Å². The van der Waals surface area contributed by atoms with Crippen molar-refractivity contribution >= 4 is 40.7 Å². The first kappa shape index (κ1) is 19.3. The molecule has 0 aliphatic carbocycles. The fourth-order valence-electron chi connectivity index (χ4n) is 2.50. The van der Waals surface area contributed by atoms with Crippen LogP contribution < -0.4 is 10.6 Å². The van der Waals surface area contributed by atoms with E-state index in [9.17, 15) is 9.59 Å². The second-order valence-corrected chi connectivity index (χ2v) is 6.28. The number of esters is 1. The van der Waals surface area contributed by atoms with E-state index in [1.165, 1.54) is 19.2 Å². The summed E-state index contributed by atoms with van der Waals surface area (Å²) in [4.78, 5) is 32.7. The lowest BCUT2D eigenvalue weighted by Gasteiger charge is -2.10. The Kier molecular flexibility index (Phi) is 5.86. The summed E-state index contributed by atoms with van der Waals surface area (Å²) in [6.07, 6.45) is 0. The molecule has 0 aliphatic rings. The molecule has 0 aliphatic heterocycles. The van der Waals surface area contributed by atoms with Gasteiger partial charge in [0, 0.05) is 22.5 Å². The number of aryl methyl sites for hydroxylation is 1. The highest BCUT2D eigenvalue weighted by molar-refractivity contribution is 6.30. The molecule has 2 N–H and O–H groups in total. The van der Waals surface area contributed by atoms with Crippen LogP contribution in [0.4, 0.5) is 17.2 Å². The predicted molar refractivity (Wildman–Crippen MR) is 107 cm³/mol. The molecule has 0 atom stereocenters. The van der Waals surface area contributed by atoms with Crippen molar-refractivity contribution in [1.82, 2.24) is 9.97 Å². The average molecular weight is 397 g/mol. The Labute approximate surface area is 166 Å². The van der Waals surface area contributed by atoms with Crippen LogP contribution in [0.5, 0.6) is 0 Å². The minimum atomic E-state index is -0.484. The van der Waals surface area contributed by atoms with Crippen molar-refractivity contribution in [3.05, 3.63) is 76.7 Å². The monoisotopic (exact) mass is 396 g/mol. The molecule has 1 aromatic heterocycles. The lowest BCUT2D eigenvalue weighted by Crippen LogP contribution is -2.16. The van der Waals surface area contributed by atoms with E-state index in [4.69, 9.17) is 11.6 Å². The van der Waals surface area contributed by atoms with Crippen LogP contribution in [0.25, 0.3) is 0 Å². The van der Waals surface area contributed by atoms with Crippen LogP contribution in [0.15, 0.2) is 54.6 Å². The molecule has 0 saturated carbocycles. The summed E-state index contributed by atoms with van der Waals surface area (Å²) in [7, 11) is 1.30. The zero-order valence-electron chi connectivity index (χ0n) is 15.2. The van der Waals surface area contributed by atoms with Gasteiger partial charge in [0.15, 0.2) is 0 Å². The molecular formula is C20H17ClN4O3. The molecule has 3 aromatic rings. The predicted octanol–water partition coefficient (Wildman–Crippen LogP) is 4.22. The van der Waals surface area contributed by atoms with Crippen LogP contribution in [0, 0.1) is 6.92 Å². The minimum absolute atomic E-state index is 0.181. The highest BCUT2D eigenvalue weighted by Crippen LogP contribution is 2.20. The molecule has 28 heavy (non-hydrogen) atoms. The summed E-state index contributed by atoms with van der Waals surface area (Å²) in [6, 6.07) is 15.1. The number of ether oxygens (including phenoxy) is 1. The topological polar surface area (TPSA) is 93.2 Å². The number of carbonyl (C=O) groups is 2. The van der Waals surface area contributed by atoms with Crippen molar-refractivity contribution in [2.75, 3.05) is 17.7 Å². The first-order valence-electron chi connectivity index (χ1n) is 8.32. The number of hydrogen-bond donors (Lipinski definition) is 2. The molecule has 1 amide bonds. The van der Waals surface area contributed by atoms with E-state index in [1.54, 1.807) is 43.3 Å². The van der Waals surface area contributed by atoms with Crippen LogP contribution in [0.2, 0.25) is 5.02 Å². The zero-order chi connectivity index (χ0) is 20.1. The number of anilines is 3. The van der Waals surface area contributed by atoms with Gasteiger partial charge < -0.3 is 15.4 Å². The molecule has 1 heterocycles. The van der Waals surface area contributed by atoms with E-state index in [1.807, 2.05) is 6.07 Å². The molecule has 8 heteroatoms. The molecule has 142 valence electrons. The largest absolute Gasteiger partial charge is 0.465 e. The molecule has 3 rings (SSSR count). The van der Waals surface area contributed by atoms with Gasteiger partial charge in [-0.05, 0) is 43.3 Å². The van der Waals surface area contributed by atoms with Gasteiger partial charge in [0.05, 0.1) is 12.7 Å². The van der Waals surface area contributed by atoms with Gasteiger partial charge in [0.25, 0.3) is 5.91 Å². The lowest BCUT2D eigenvalue weighted by atomic mass is 10.2. The van der Waals surface area contributed by atoms with Gasteiger partial charge in [-0.1, -0.05) is 23.7 Å². The number of halogens is 1. The summed E-state index contributed by atoms with van der Waals surface area (Å²) in [5.74, 6) is -0.0210. The quantitative estimate of drug-likeness (QED) is 0.627. The molecule has 0 radical (unpaired) electrons. The van der Waals surface area contributed by atoms with E-state index in [2.05, 4.69) is 25.3 Å². The normalized spacial score (nSPS) is 10.2. The summed E-state index contributed by atoms with van der Waals surface area (Å²) in [6.45, 7) is 1.69. The van der Waals surface area contributed by atoms with Crippen LogP contribution in [0.1, 0.15) is 26.7 Å². The first-order chi connectivity index (χ1) is 13.4. The van der Waals surface area contributed by atoms with Crippen molar-refractivity contribution in [1.29, 1.82) is 0 Å². The van der Waals surface area contributed by atoms with Crippen LogP contribution in [-0.4, -0.2) is 29.0 Å². The maximum Gasteiger partial charge on any atom is 0.337 e. The second kappa shape index (κ2) is 8.49. The summed E-state index contributed by atoms with van der Waals surface area (Å²) in [5, 5.41) is 6.40. The van der Waals surface area contributed by atoms with Gasteiger partial charge in [0.2, 0.25) is 0 Å². The number of hydrogen-bond acceptors (Lipinski definition) is 6. The Morgan fingerprint density at radius 2 is 1.75 bits per heavy atom. The van der Waals surface area contributed by atoms with Crippen LogP contribution >= 0.6 is 11.6 Å². The summed E-state index contributed by atoms with van der Waals surface area (Å²) in [5.41, 5.74) is 1.71. The third-order valence-corrected chi connectivity index (χ3v) is 3.94. The van der Waals surface area contributed by atoms with Crippen molar-refractivity contribution in [3.63, 3.8) is 0 Å². The molecule has 0 fully saturated rings. The van der Waals surface area contributed by atoms with Gasteiger partial charge in [0.1, 0.15) is 17.3 Å². The highest BCUT2D eigenvalue weighted by atomic mass is 35.5. The van der Waals surface area contributed by atoms with Crippen molar-refractivity contribution < 1.29 is 14.3 Å². The molecular weight excluding hydrogens is 380 g/mol. The van der Waals surface area contributed by atoms with E-state index in [-0.39, 0.29) is 5.69 Å². The number of nitrogens with zero attached hydrogens (tertiary/aromatic N) is 2. The fraction of sp³-hybridized carbons (Fsp3) is 0.100. The van der Waals surface area contributed by atoms with E-state index >= 15 is 0 Å². The summed E-state index contributed by atoms with van der Waals surface area (Å²) >= 11 is 5.99. The van der Waals surface area contributed by atoms with Gasteiger partial charge >= 0.3 is 5.97 Å². The van der Waals surface area contributed by atoms with Crippen molar-refractivity contribution in [3.8, 4) is 0 Å². The Hall–Kier alpha value is -3.45. The van der Waals surface area contributed by atoms with Gasteiger partial charge in [-0.3, -0.25) is 4.79 Å². The van der Waals surface area contributed by atoms with Gasteiger partial charge in [-0.25, -0.2) is 14.8 Å². The SMILES string of the molecule is COC(=O)c1cccc(NC(=O)c2cc(Nc3cccc(Cl)c3)nc(C)n2)c1. The Bertz CT molecular complexity index is 1040. The zero-order valence-corrected chi connectivity index (χ0v) is 15.9. The molecule has 0 unspecified atom stereocenters. The number of carbonyl (C=O) groups excluding carboxylic acids is 2. The minimum Gasteiger partial charge on any atom is -0.465 e. The molecule has 0 bridgehead atoms. The van der Waals surface area contributed by atoms with Crippen LogP contribution in [0.3, 0.4) is 0 Å². The average Bonchev–Trinajstić information content (AvgIpc) is 2.67. The first-order valence-corrected chi connectivity index (χ1v) is 8.70. The standard InChI is InChI=1S/C20H17ClN4O3/c1-12-22-17(11-18(23-12)24-16-8-4-6-14(21)10-16)19(26)25-15-7-3-5-13(9-15)20(27)28-2/h3-11H,1-2H3,(H,25,26)(H,22,23,24). The van der Waals surface area contributed by atoms with Gasteiger partial charge in [-0.2, -0.15) is 0 Å². The van der Waals surface area contributed by atoms with E-state index in [0.29, 0.717) is 27.9 Å². The third kappa shape index (κ3) is 4.83. The fourth-order valence-corrected chi connectivity index (χ4v) is 2.69. The smallest absolute Gasteiger partial charge is 0.337 e. The van der Waals surface area contributed by atoms with E-state index < -0.39 is 11.9 Å². The number of aromatic nitrogens is 2. The van der Waals surface area contributed by atoms with Crippen LogP contribution in [-0.2, 0) is 4.74 Å². The summed E-state index contributed by atoms with van der Waals surface area (Å²) < 4.78 is 4.69. The highest BCUT2D eigenvalue weighted by Gasteiger charge is 2.13. The number of amides is 1. The number of methoxy groups -OCH3 is 1. The maximum absolute atomic E-state index is 12.6. The molecule has 0 saturated heterocycles. The van der Waals surface area contributed by atoms with Crippen molar-refractivity contribution in [2.24, 2.45) is 0 Å². The Morgan fingerprint density at radius 3 is 2.50 bits per heavy atom. The molecule has 2 aromatic carbocycles. The molecule has 0 spiro atoms. The Balaban J connectivity index is 1.80. The maximum atomic E-state index is 12.6. The second-order valence-electron chi connectivity index (χ2n) is 5.85.